The Balaban J connectivity index is 1.57. The van der Waals surface area contributed by atoms with Crippen LogP contribution in [0.5, 0.6) is 0 Å². The Hall–Kier alpha value is -2.86. The van der Waals surface area contributed by atoms with Gasteiger partial charge >= 0.3 is 0 Å². The largest absolute Gasteiger partial charge is 0.593 e. The van der Waals surface area contributed by atoms with E-state index in [-0.39, 0.29) is 5.13 Å². The molecule has 1 amide bonds. The van der Waals surface area contributed by atoms with Gasteiger partial charge in [0.15, 0.2) is 9.90 Å². The molecule has 5 rings (SSSR count). The average molecular weight is 493 g/mol. The van der Waals surface area contributed by atoms with Crippen LogP contribution in [0.1, 0.15) is 24.3 Å². The molecule has 172 valence electrons. The van der Waals surface area contributed by atoms with Gasteiger partial charge in [0.2, 0.25) is 11.5 Å². The number of nitriles is 1. The number of rotatable bonds is 7. The molecule has 1 atom stereocenters. The third-order valence-corrected chi connectivity index (χ3v) is 7.85. The molecule has 3 aromatic rings. The number of hydrogen-bond donors (Lipinski definition) is 1. The minimum absolute atomic E-state index is 0.170. The first kappa shape index (κ1) is 22.0. The summed E-state index contributed by atoms with van der Waals surface area (Å²) in [5, 5.41) is 21.6. The molecule has 0 radical (unpaired) electrons. The zero-order valence-corrected chi connectivity index (χ0v) is 18.8. The second-order valence-corrected chi connectivity index (χ2v) is 10.0. The number of fused-ring (bicyclic) bond motifs is 1. The maximum atomic E-state index is 13.1. The number of benzene rings is 1. The van der Waals surface area contributed by atoms with E-state index in [0.717, 1.165) is 28.8 Å². The van der Waals surface area contributed by atoms with Crippen molar-refractivity contribution in [3.8, 4) is 11.2 Å². The van der Waals surface area contributed by atoms with Gasteiger partial charge in [-0.1, -0.05) is 11.3 Å². The number of halogens is 2. The zero-order chi connectivity index (χ0) is 23.2. The van der Waals surface area contributed by atoms with Crippen LogP contribution in [-0.2, 0) is 16.2 Å². The van der Waals surface area contributed by atoms with Gasteiger partial charge in [-0.25, -0.2) is 13.5 Å². The Kier molecular flexibility index (Phi) is 5.65. The quantitative estimate of drug-likeness (QED) is 0.391. The molecule has 14 heteroatoms. The number of nitrogens with one attached hydrogen (secondary N) is 1. The van der Waals surface area contributed by atoms with Crippen LogP contribution in [-0.4, -0.2) is 67.6 Å². The molecule has 1 aromatic carbocycles. The van der Waals surface area contributed by atoms with E-state index >= 15 is 0 Å². The summed E-state index contributed by atoms with van der Waals surface area (Å²) in [5.74, 6) is 0. The molecule has 2 aliphatic rings. The second kappa shape index (κ2) is 8.49. The first-order valence-electron chi connectivity index (χ1n) is 10.1. The molecule has 1 saturated heterocycles. The minimum atomic E-state index is -2.74. The van der Waals surface area contributed by atoms with Crippen LogP contribution in [0.25, 0.3) is 16.0 Å². The number of piperazine rings is 1. The lowest BCUT2D eigenvalue weighted by Crippen LogP contribution is -2.45. The number of hydrogen-bond acceptors (Lipinski definition) is 9. The van der Waals surface area contributed by atoms with Gasteiger partial charge in [-0.05, 0) is 12.8 Å². The highest BCUT2D eigenvalue weighted by atomic mass is 32.2. The fraction of sp³-hybridized carbons (Fsp3) is 0.421. The topological polar surface area (TPSA) is 126 Å². The van der Waals surface area contributed by atoms with E-state index < -0.39 is 28.3 Å². The number of anilines is 1. The molecule has 2 fully saturated rings. The molecule has 0 spiro atoms. The molecular weight excluding hydrogens is 474 g/mol. The van der Waals surface area contributed by atoms with Crippen molar-refractivity contribution in [2.75, 3.05) is 31.1 Å². The van der Waals surface area contributed by atoms with Gasteiger partial charge in [-0.15, -0.1) is 14.9 Å². The van der Waals surface area contributed by atoms with E-state index in [1.165, 1.54) is 4.68 Å². The maximum Gasteiger partial charge on any atom is 0.291 e. The van der Waals surface area contributed by atoms with Crippen molar-refractivity contribution in [3.05, 3.63) is 23.3 Å². The minimum Gasteiger partial charge on any atom is -0.593 e. The first-order chi connectivity index (χ1) is 15.9. The fourth-order valence-electron chi connectivity index (χ4n) is 3.67. The Morgan fingerprint density at radius 1 is 1.27 bits per heavy atom. The summed E-state index contributed by atoms with van der Waals surface area (Å²) in [5.41, 5.74) is 0.505. The van der Waals surface area contributed by atoms with Gasteiger partial charge in [0.05, 0.1) is 34.8 Å². The van der Waals surface area contributed by atoms with Gasteiger partial charge in [-0.2, -0.15) is 10.4 Å². The Morgan fingerprint density at radius 3 is 2.64 bits per heavy atom. The molecule has 0 bridgehead atoms. The van der Waals surface area contributed by atoms with Gasteiger partial charge in [0.25, 0.3) is 6.43 Å². The second-order valence-electron chi connectivity index (χ2n) is 7.85. The fourth-order valence-corrected chi connectivity index (χ4v) is 5.50. The first-order valence-corrected chi connectivity index (χ1v) is 12.1. The van der Waals surface area contributed by atoms with Crippen molar-refractivity contribution >= 4 is 45.7 Å². The van der Waals surface area contributed by atoms with Crippen molar-refractivity contribution in [2.24, 2.45) is 0 Å². The van der Waals surface area contributed by atoms with Crippen molar-refractivity contribution in [1.29, 1.82) is 5.26 Å². The number of carbonyl (C=O) groups is 1. The lowest BCUT2D eigenvalue weighted by molar-refractivity contribution is -0.118. The lowest BCUT2D eigenvalue weighted by Gasteiger charge is -2.34. The predicted octanol–water partition coefficient (Wildman–Crippen LogP) is 1.76. The van der Waals surface area contributed by atoms with E-state index in [2.05, 4.69) is 31.0 Å². The molecule has 1 aliphatic carbocycles. The summed E-state index contributed by atoms with van der Waals surface area (Å²) in [6.45, 7) is 2.21. The highest BCUT2D eigenvalue weighted by Crippen LogP contribution is 2.38. The van der Waals surface area contributed by atoms with Gasteiger partial charge in [0.1, 0.15) is 5.54 Å². The van der Waals surface area contributed by atoms with Crippen LogP contribution in [0.2, 0.25) is 0 Å². The van der Waals surface area contributed by atoms with Gasteiger partial charge in [0, 0.05) is 43.7 Å². The molecule has 33 heavy (non-hydrogen) atoms. The number of amides is 1. The van der Waals surface area contributed by atoms with Crippen LogP contribution in [0.15, 0.2) is 23.2 Å². The van der Waals surface area contributed by atoms with Crippen molar-refractivity contribution in [1.82, 2.24) is 29.6 Å². The van der Waals surface area contributed by atoms with E-state index in [9.17, 15) is 23.4 Å². The van der Waals surface area contributed by atoms with Crippen LogP contribution < -0.4 is 9.62 Å². The van der Waals surface area contributed by atoms with E-state index in [4.69, 9.17) is 0 Å². The lowest BCUT2D eigenvalue weighted by atomic mass is 10.2. The van der Waals surface area contributed by atoms with E-state index in [1.807, 2.05) is 0 Å². The summed E-state index contributed by atoms with van der Waals surface area (Å²) >= 11 is -0.949. The Labute approximate surface area is 194 Å². The smallest absolute Gasteiger partial charge is 0.291 e. The summed E-state index contributed by atoms with van der Waals surface area (Å²) in [6, 6.07) is 5.61. The Bertz CT molecular complexity index is 1230. The molecule has 1 saturated carbocycles. The van der Waals surface area contributed by atoms with Crippen molar-refractivity contribution in [2.45, 2.75) is 29.7 Å². The van der Waals surface area contributed by atoms with Crippen LogP contribution in [0.3, 0.4) is 0 Å². The predicted molar refractivity (Wildman–Crippen MR) is 116 cm³/mol. The molecular formula is C19H18F2N8O2S2. The summed E-state index contributed by atoms with van der Waals surface area (Å²) in [7, 11) is 0. The molecule has 2 aromatic heterocycles. The van der Waals surface area contributed by atoms with Crippen molar-refractivity contribution in [3.63, 3.8) is 0 Å². The molecule has 3 heterocycles. The standard InChI is InChI=1S/C19H18F2N8O2S2/c20-16(21)17-24-25-18(32-17)29-15-8-12(33(31)26-19(10-22)1-2-19)7-14(13(15)9-23-29)28-5-3-27(11-30)4-6-28/h7-9,11,16,26H,1-6H2. The highest BCUT2D eigenvalue weighted by molar-refractivity contribution is 7.89. The third kappa shape index (κ3) is 4.12. The highest BCUT2D eigenvalue weighted by Gasteiger charge is 2.48. The Morgan fingerprint density at radius 2 is 2.03 bits per heavy atom. The molecule has 1 unspecified atom stereocenters. The van der Waals surface area contributed by atoms with Crippen molar-refractivity contribution < 1.29 is 18.1 Å². The molecule has 1 N–H and O–H groups in total. The SMILES string of the molecule is N#CC1(N[S+]([O-])c2cc(N3CCN(C=O)CC3)c3cnn(-c4nnc(C(F)F)s4)c3c2)CC1. The van der Waals surface area contributed by atoms with Gasteiger partial charge in [-0.3, -0.25) is 4.79 Å². The number of alkyl halides is 2. The number of nitrogens with zero attached hydrogens (tertiary/aromatic N) is 7. The normalized spacial score (nSPS) is 18.5. The number of aromatic nitrogens is 4. The molecule has 10 nitrogen and oxygen atoms in total. The van der Waals surface area contributed by atoms with Crippen LogP contribution >= 0.6 is 11.3 Å². The van der Waals surface area contributed by atoms with Crippen LogP contribution in [0, 0.1) is 11.3 Å². The number of carbonyl (C=O) groups excluding carboxylic acids is 1. The van der Waals surface area contributed by atoms with Gasteiger partial charge < -0.3 is 14.4 Å². The van der Waals surface area contributed by atoms with E-state index in [0.29, 0.717) is 49.4 Å². The average Bonchev–Trinajstić information content (AvgIpc) is 3.22. The summed E-state index contributed by atoms with van der Waals surface area (Å²) in [6.07, 6.45) is 0.926. The summed E-state index contributed by atoms with van der Waals surface area (Å²) < 4.78 is 43.5. The summed E-state index contributed by atoms with van der Waals surface area (Å²) in [4.78, 5) is 15.3. The third-order valence-electron chi connectivity index (χ3n) is 5.71. The monoisotopic (exact) mass is 492 g/mol. The molecule has 1 aliphatic heterocycles. The van der Waals surface area contributed by atoms with Crippen LogP contribution in [0.4, 0.5) is 14.5 Å². The van der Waals surface area contributed by atoms with E-state index in [1.54, 1.807) is 23.2 Å². The maximum absolute atomic E-state index is 13.1. The zero-order valence-electron chi connectivity index (χ0n) is 17.1.